The number of nitrogens with one attached hydrogen (secondary N) is 2. The Hall–Kier alpha value is -4.26. The summed E-state index contributed by atoms with van der Waals surface area (Å²) in [5.74, 6) is 0.0707. The van der Waals surface area contributed by atoms with E-state index in [-0.39, 0.29) is 28.9 Å². The van der Waals surface area contributed by atoms with Gasteiger partial charge in [0.25, 0.3) is 11.3 Å². The topological polar surface area (TPSA) is 156 Å². The number of carbonyl (C=O) groups excluding carboxylic acids is 1. The highest BCUT2D eigenvalue weighted by molar-refractivity contribution is 7.81. The van der Waals surface area contributed by atoms with Crippen molar-refractivity contribution in [3.63, 3.8) is 0 Å². The minimum Gasteiger partial charge on any atom is -0.497 e. The molecule has 1 saturated heterocycles. The molecule has 0 aliphatic carbocycles. The summed E-state index contributed by atoms with van der Waals surface area (Å²) in [7, 11) is 1.53. The van der Waals surface area contributed by atoms with E-state index in [1.807, 2.05) is 6.07 Å². The lowest BCUT2D eigenvalue weighted by molar-refractivity contribution is 0.0992. The molecule has 1 aliphatic heterocycles. The van der Waals surface area contributed by atoms with Crippen molar-refractivity contribution < 1.29 is 18.3 Å². The van der Waals surface area contributed by atoms with Gasteiger partial charge in [-0.1, -0.05) is 36.2 Å². The van der Waals surface area contributed by atoms with Gasteiger partial charge in [0, 0.05) is 12.1 Å². The standard InChI is InChI=1S/C28H27ClN8O4S/c1-41-21-12-13-22(29)25(16-21)33-26-27(34-24-11-3-2-10-23(24)32-26)37(42(39)40)20-9-6-7-18(15-20)28(38)35-36-31-17-19-8-4-5-14-30-19/h2-3,6-7,9-13,15-16,19,30H,4-5,8,14,17H2,1H3,(H-,32,33,39,40)/p+1. The largest absolute Gasteiger partial charge is 0.497 e. The summed E-state index contributed by atoms with van der Waals surface area (Å²) in [4.78, 5) is 25.8. The van der Waals surface area contributed by atoms with Crippen LogP contribution in [0.4, 0.5) is 23.0 Å². The third-order valence-electron chi connectivity index (χ3n) is 6.57. The summed E-state index contributed by atoms with van der Waals surface area (Å²) in [5.41, 5.74) is 1.83. The minimum atomic E-state index is -2.62. The maximum absolute atomic E-state index is 12.8. The number of para-hydroxylation sites is 2. The van der Waals surface area contributed by atoms with Crippen LogP contribution in [0.2, 0.25) is 5.02 Å². The van der Waals surface area contributed by atoms with Gasteiger partial charge in [0.1, 0.15) is 17.4 Å². The molecular formula is C28H28ClN8O4S+. The Balaban J connectivity index is 1.49. The molecule has 2 unspecified atom stereocenters. The molecule has 1 aromatic heterocycles. The summed E-state index contributed by atoms with van der Waals surface area (Å²) < 4.78 is 29.6. The van der Waals surface area contributed by atoms with E-state index in [1.165, 1.54) is 19.2 Å². The number of nitrogens with zero attached hydrogens (tertiary/aromatic N) is 6. The normalized spacial score (nSPS) is 15.4. The summed E-state index contributed by atoms with van der Waals surface area (Å²) in [6.45, 7) is 1.37. The molecule has 216 valence electrons. The van der Waals surface area contributed by atoms with Gasteiger partial charge in [-0.3, -0.25) is 9.35 Å². The fraction of sp³-hybridized carbons (Fsp3) is 0.250. The zero-order chi connectivity index (χ0) is 29.5. The molecule has 3 N–H and O–H groups in total. The van der Waals surface area contributed by atoms with E-state index in [2.05, 4.69) is 35.7 Å². The number of hydrogen-bond acceptors (Lipinski definition) is 8. The van der Waals surface area contributed by atoms with Crippen molar-refractivity contribution in [1.82, 2.24) is 20.2 Å². The lowest BCUT2D eigenvalue weighted by Gasteiger charge is -2.22. The Morgan fingerprint density at radius 3 is 2.71 bits per heavy atom. The number of hydrogen-bond donors (Lipinski definition) is 3. The van der Waals surface area contributed by atoms with Gasteiger partial charge in [0.05, 0.1) is 40.1 Å². The molecular weight excluding hydrogens is 580 g/mol. The maximum atomic E-state index is 12.8. The van der Waals surface area contributed by atoms with Gasteiger partial charge in [-0.15, -0.1) is 0 Å². The van der Waals surface area contributed by atoms with E-state index in [4.69, 9.17) is 16.3 Å². The number of benzene rings is 3. The third-order valence-corrected chi connectivity index (χ3v) is 7.59. The number of ether oxygens (including phenoxy) is 1. The molecule has 5 rings (SSSR count). The molecule has 0 saturated carbocycles. The Bertz CT molecular complexity index is 1690. The van der Waals surface area contributed by atoms with E-state index in [9.17, 15) is 13.6 Å². The third kappa shape index (κ3) is 6.96. The fourth-order valence-corrected chi connectivity index (χ4v) is 5.20. The summed E-state index contributed by atoms with van der Waals surface area (Å²) in [5, 5.41) is 14.6. The molecule has 2 heterocycles. The van der Waals surface area contributed by atoms with Gasteiger partial charge in [-0.05, 0) is 61.9 Å². The molecule has 0 spiro atoms. The highest BCUT2D eigenvalue weighted by Crippen LogP contribution is 2.36. The first-order chi connectivity index (χ1) is 20.4. The lowest BCUT2D eigenvalue weighted by Crippen LogP contribution is -2.36. The second kappa shape index (κ2) is 13.6. The zero-order valence-electron chi connectivity index (χ0n) is 22.6. The molecule has 14 heteroatoms. The number of amides is 1. The average Bonchev–Trinajstić information content (AvgIpc) is 3.01. The van der Waals surface area contributed by atoms with Crippen LogP contribution in [0.1, 0.15) is 29.6 Å². The van der Waals surface area contributed by atoms with Crippen LogP contribution < -0.4 is 24.6 Å². The molecule has 0 radical (unpaired) electrons. The van der Waals surface area contributed by atoms with Crippen LogP contribution in [0.25, 0.3) is 11.0 Å². The molecule has 2 atom stereocenters. The van der Waals surface area contributed by atoms with Crippen molar-refractivity contribution in [3.05, 3.63) is 77.3 Å². The van der Waals surface area contributed by atoms with Gasteiger partial charge in [-0.2, -0.15) is 0 Å². The molecule has 1 amide bonds. The molecule has 4 aromatic rings. The number of aromatic nitrogens is 2. The second-order valence-electron chi connectivity index (χ2n) is 9.40. The van der Waals surface area contributed by atoms with Crippen LogP contribution in [-0.2, 0) is 11.3 Å². The number of rotatable bonds is 9. The second-order valence-corrected chi connectivity index (χ2v) is 10.6. The Kier molecular flexibility index (Phi) is 9.47. The van der Waals surface area contributed by atoms with Crippen molar-refractivity contribution in [1.29, 1.82) is 0 Å². The minimum absolute atomic E-state index is 0.0228. The summed E-state index contributed by atoms with van der Waals surface area (Å²) >= 11 is 3.81. The van der Waals surface area contributed by atoms with E-state index in [1.54, 1.807) is 48.5 Å². The van der Waals surface area contributed by atoms with Crippen molar-refractivity contribution in [2.75, 3.05) is 29.8 Å². The van der Waals surface area contributed by atoms with Crippen molar-refractivity contribution >= 4 is 62.8 Å². The van der Waals surface area contributed by atoms with Gasteiger partial charge in [0.2, 0.25) is 10.0 Å². The number of carbonyl (C=O) groups is 1. The van der Waals surface area contributed by atoms with Crippen LogP contribution in [0.3, 0.4) is 0 Å². The monoisotopic (exact) mass is 607 g/mol. The van der Waals surface area contributed by atoms with Crippen molar-refractivity contribution in [3.8, 4) is 5.75 Å². The summed E-state index contributed by atoms with van der Waals surface area (Å²) in [6.07, 6.45) is 3.27. The van der Waals surface area contributed by atoms with E-state index >= 15 is 0 Å². The smallest absolute Gasteiger partial charge is 0.360 e. The average molecular weight is 608 g/mol. The number of methoxy groups -OCH3 is 1. The number of fused-ring (bicyclic) bond motifs is 1. The SMILES string of the molecule is COc1ccc(Cl)c(Nc2nc3ccccc3nc2N(c2cccc(C(=O)N=[N+]=NCC3CCCCN3)c2)S(=O)O)c1. The van der Waals surface area contributed by atoms with Gasteiger partial charge >= 0.3 is 5.91 Å². The van der Waals surface area contributed by atoms with Gasteiger partial charge in [0.15, 0.2) is 11.6 Å². The molecule has 12 nitrogen and oxygen atoms in total. The maximum Gasteiger partial charge on any atom is 0.360 e. The van der Waals surface area contributed by atoms with Crippen LogP contribution in [0.15, 0.2) is 77.0 Å². The number of halogens is 1. The van der Waals surface area contributed by atoms with E-state index in [0.717, 1.165) is 30.1 Å². The quantitative estimate of drug-likeness (QED) is 0.127. The van der Waals surface area contributed by atoms with Crippen LogP contribution in [0.5, 0.6) is 5.75 Å². The first-order valence-corrected chi connectivity index (χ1v) is 14.6. The number of piperidine rings is 1. The Morgan fingerprint density at radius 1 is 1.17 bits per heavy atom. The molecule has 1 fully saturated rings. The van der Waals surface area contributed by atoms with Gasteiger partial charge < -0.3 is 15.4 Å². The van der Waals surface area contributed by atoms with E-state index < -0.39 is 17.2 Å². The van der Waals surface area contributed by atoms with E-state index in [0.29, 0.717) is 34.0 Å². The van der Waals surface area contributed by atoms with Crippen LogP contribution >= 0.6 is 11.6 Å². The molecule has 0 bridgehead atoms. The first kappa shape index (κ1) is 29.2. The number of anilines is 4. The van der Waals surface area contributed by atoms with Crippen molar-refractivity contribution in [2.45, 2.75) is 25.3 Å². The van der Waals surface area contributed by atoms with Crippen molar-refractivity contribution in [2.24, 2.45) is 10.2 Å². The first-order valence-electron chi connectivity index (χ1n) is 13.2. The molecule has 42 heavy (non-hydrogen) atoms. The predicted molar refractivity (Wildman–Crippen MR) is 162 cm³/mol. The van der Waals surface area contributed by atoms with Crippen LogP contribution in [0, 0.1) is 0 Å². The highest BCUT2D eigenvalue weighted by atomic mass is 35.5. The summed E-state index contributed by atoms with van der Waals surface area (Å²) in [6, 6.07) is 18.5. The lowest BCUT2D eigenvalue weighted by atomic mass is 10.1. The van der Waals surface area contributed by atoms with Gasteiger partial charge in [-0.25, -0.2) is 18.5 Å². The predicted octanol–water partition coefficient (Wildman–Crippen LogP) is 5.56. The Morgan fingerprint density at radius 2 is 1.98 bits per heavy atom. The molecule has 1 aliphatic rings. The van der Waals surface area contributed by atoms with Crippen LogP contribution in [-0.4, -0.2) is 50.9 Å². The Labute approximate surface area is 249 Å². The molecule has 3 aromatic carbocycles. The highest BCUT2D eigenvalue weighted by Gasteiger charge is 2.25. The zero-order valence-corrected chi connectivity index (χ0v) is 24.2. The fourth-order valence-electron chi connectivity index (χ4n) is 4.47.